The van der Waals surface area contributed by atoms with Gasteiger partial charge >= 0.3 is 12.4 Å². The summed E-state index contributed by atoms with van der Waals surface area (Å²) in [4.78, 5) is 24.5. The topological polar surface area (TPSA) is 104 Å². The maximum absolute atomic E-state index is 14.1. The molecule has 5 rings (SSSR count). The number of alkyl halides is 6. The number of amides is 1. The third-order valence-electron chi connectivity index (χ3n) is 7.06. The van der Waals surface area contributed by atoms with Crippen molar-refractivity contribution in [2.24, 2.45) is 0 Å². The molecule has 4 aromatic rings. The van der Waals surface area contributed by atoms with E-state index in [2.05, 4.69) is 30.9 Å². The third-order valence-corrected chi connectivity index (χ3v) is 7.06. The molecule has 3 aromatic heterocycles. The van der Waals surface area contributed by atoms with E-state index in [1.165, 1.54) is 18.3 Å². The van der Waals surface area contributed by atoms with Crippen LogP contribution in [0.3, 0.4) is 0 Å². The fourth-order valence-corrected chi connectivity index (χ4v) is 4.93. The Hall–Kier alpha value is -4.17. The van der Waals surface area contributed by atoms with Crippen LogP contribution in [0.2, 0.25) is 0 Å². The highest BCUT2D eigenvalue weighted by molar-refractivity contribution is 6.07. The van der Waals surface area contributed by atoms with Gasteiger partial charge in [0.15, 0.2) is 0 Å². The quantitative estimate of drug-likeness (QED) is 0.180. The van der Waals surface area contributed by atoms with Crippen LogP contribution < -0.4 is 16.0 Å². The van der Waals surface area contributed by atoms with Crippen LogP contribution in [-0.2, 0) is 16.9 Å². The number of fused-ring (bicyclic) bond motifs is 1. The lowest BCUT2D eigenvalue weighted by Crippen LogP contribution is -2.57. The van der Waals surface area contributed by atoms with Crippen LogP contribution in [0.5, 0.6) is 0 Å². The molecular weight excluding hydrogens is 566 g/mol. The van der Waals surface area contributed by atoms with Crippen molar-refractivity contribution < 1.29 is 35.9 Å². The zero-order chi connectivity index (χ0) is 30.0. The summed E-state index contributed by atoms with van der Waals surface area (Å²) in [6, 6.07) is 9.32. The molecule has 1 fully saturated rings. The number of anilines is 2. The van der Waals surface area contributed by atoms with E-state index in [1.807, 2.05) is 12.1 Å². The lowest BCUT2D eigenvalue weighted by molar-refractivity contribution is -0.390. The molecule has 1 aromatic carbocycles. The number of ether oxygens (including phenoxy) is 1. The number of hydrogen-bond acceptors (Lipinski definition) is 6. The average molecular weight is 593 g/mol. The van der Waals surface area contributed by atoms with Crippen LogP contribution in [0.15, 0.2) is 67.1 Å². The Labute approximate surface area is 235 Å². The highest BCUT2D eigenvalue weighted by atomic mass is 19.4. The molecule has 1 unspecified atom stereocenters. The summed E-state index contributed by atoms with van der Waals surface area (Å²) < 4.78 is 89.4. The van der Waals surface area contributed by atoms with Crippen LogP contribution >= 0.6 is 0 Å². The third kappa shape index (κ3) is 5.77. The molecule has 0 aliphatic carbocycles. The number of pyridine rings is 2. The van der Waals surface area contributed by atoms with Crippen molar-refractivity contribution in [1.29, 1.82) is 0 Å². The molecule has 1 aliphatic heterocycles. The van der Waals surface area contributed by atoms with Crippen LogP contribution in [0, 0.1) is 0 Å². The lowest BCUT2D eigenvalue weighted by atomic mass is 9.91. The number of hydrogen-bond donors (Lipinski definition) is 4. The van der Waals surface area contributed by atoms with E-state index in [4.69, 9.17) is 4.74 Å². The molecule has 0 radical (unpaired) electrons. The Morgan fingerprint density at radius 1 is 0.976 bits per heavy atom. The fraction of sp³-hybridized carbons (Fsp3) is 0.321. The second-order valence-corrected chi connectivity index (χ2v) is 9.78. The number of halogens is 6. The predicted octanol–water partition coefficient (Wildman–Crippen LogP) is 5.91. The summed E-state index contributed by atoms with van der Waals surface area (Å²) in [5.41, 5.74) is -4.00. The maximum Gasteiger partial charge on any atom is 0.430 e. The van der Waals surface area contributed by atoms with Gasteiger partial charge in [-0.3, -0.25) is 4.79 Å². The molecule has 0 spiro atoms. The first kappa shape index (κ1) is 29.3. The second-order valence-electron chi connectivity index (χ2n) is 9.78. The Morgan fingerprint density at radius 3 is 2.43 bits per heavy atom. The van der Waals surface area contributed by atoms with Crippen LogP contribution in [-0.4, -0.2) is 52.4 Å². The van der Waals surface area contributed by atoms with Gasteiger partial charge in [0.2, 0.25) is 0 Å². The van der Waals surface area contributed by atoms with Gasteiger partial charge in [-0.25, -0.2) is 9.97 Å². The number of nitrogens with one attached hydrogen (secondary N) is 4. The molecule has 1 amide bonds. The van der Waals surface area contributed by atoms with Gasteiger partial charge in [-0.15, -0.1) is 0 Å². The zero-order valence-corrected chi connectivity index (χ0v) is 21.9. The molecule has 4 heterocycles. The van der Waals surface area contributed by atoms with E-state index in [-0.39, 0.29) is 17.1 Å². The van der Waals surface area contributed by atoms with Crippen molar-refractivity contribution in [1.82, 2.24) is 20.3 Å². The summed E-state index contributed by atoms with van der Waals surface area (Å²) in [7, 11) is 0. The van der Waals surface area contributed by atoms with Crippen molar-refractivity contribution >= 4 is 28.4 Å². The summed E-state index contributed by atoms with van der Waals surface area (Å²) in [5.74, 6) is -0.435. The number of rotatable bonds is 9. The molecule has 1 atom stereocenters. The normalized spacial score (nSPS) is 16.1. The predicted molar refractivity (Wildman–Crippen MR) is 143 cm³/mol. The first-order chi connectivity index (χ1) is 20.0. The highest BCUT2D eigenvalue weighted by Crippen LogP contribution is 2.53. The highest BCUT2D eigenvalue weighted by Gasteiger charge is 2.73. The van der Waals surface area contributed by atoms with Crippen molar-refractivity contribution in [3.05, 3.63) is 83.8 Å². The molecule has 222 valence electrons. The molecule has 8 nitrogen and oxygen atoms in total. The van der Waals surface area contributed by atoms with Gasteiger partial charge in [0, 0.05) is 47.8 Å². The lowest BCUT2D eigenvalue weighted by Gasteiger charge is -2.38. The molecule has 42 heavy (non-hydrogen) atoms. The first-order valence-corrected chi connectivity index (χ1v) is 13.0. The zero-order valence-electron chi connectivity index (χ0n) is 21.9. The largest absolute Gasteiger partial charge is 0.430 e. The Bertz CT molecular complexity index is 1520. The number of aromatic amines is 1. The number of carbonyl (C=O) groups excluding carboxylic acids is 1. The molecule has 1 saturated heterocycles. The molecular formula is C28H26F6N6O2. The van der Waals surface area contributed by atoms with Gasteiger partial charge < -0.3 is 25.7 Å². The van der Waals surface area contributed by atoms with Gasteiger partial charge in [-0.05, 0) is 61.3 Å². The van der Waals surface area contributed by atoms with Crippen molar-refractivity contribution in [3.63, 3.8) is 0 Å². The van der Waals surface area contributed by atoms with Gasteiger partial charge in [-0.2, -0.15) is 26.3 Å². The average Bonchev–Trinajstić information content (AvgIpc) is 3.64. The van der Waals surface area contributed by atoms with Crippen LogP contribution in [0.4, 0.5) is 37.8 Å². The van der Waals surface area contributed by atoms with Crippen molar-refractivity contribution in [3.8, 4) is 0 Å². The van der Waals surface area contributed by atoms with Crippen LogP contribution in [0.1, 0.15) is 34.3 Å². The molecule has 14 heteroatoms. The van der Waals surface area contributed by atoms with Crippen LogP contribution in [0.25, 0.3) is 11.0 Å². The van der Waals surface area contributed by atoms with Gasteiger partial charge in [0.25, 0.3) is 11.5 Å². The smallest absolute Gasteiger partial charge is 0.365 e. The van der Waals surface area contributed by atoms with E-state index in [9.17, 15) is 31.1 Å². The molecule has 1 aliphatic rings. The van der Waals surface area contributed by atoms with E-state index >= 15 is 0 Å². The molecule has 0 bridgehead atoms. The summed E-state index contributed by atoms with van der Waals surface area (Å²) in [6.45, 7) is 0.0156. The van der Waals surface area contributed by atoms with E-state index in [0.29, 0.717) is 43.7 Å². The molecule has 4 N–H and O–H groups in total. The summed E-state index contributed by atoms with van der Waals surface area (Å²) >= 11 is 0. The molecule has 0 saturated carbocycles. The SMILES string of the molecule is O=C(Nc1ccc(C(OCC2CCCN2)(C(F)(F)F)C(F)(F)F)cc1)c1cccnc1NCc1ccnc2[nH]ccc12. The van der Waals surface area contributed by atoms with Gasteiger partial charge in [0.05, 0.1) is 12.2 Å². The van der Waals surface area contributed by atoms with Crippen molar-refractivity contribution in [2.75, 3.05) is 23.8 Å². The minimum absolute atomic E-state index is 0.0163. The number of benzene rings is 1. The monoisotopic (exact) mass is 592 g/mol. The Morgan fingerprint density at radius 2 is 1.74 bits per heavy atom. The first-order valence-electron chi connectivity index (χ1n) is 13.0. The minimum atomic E-state index is -5.80. The summed E-state index contributed by atoms with van der Waals surface area (Å²) in [6.07, 6.45) is -5.71. The fourth-order valence-electron chi connectivity index (χ4n) is 4.93. The number of carbonyl (C=O) groups is 1. The van der Waals surface area contributed by atoms with E-state index in [1.54, 1.807) is 12.4 Å². The van der Waals surface area contributed by atoms with Gasteiger partial charge in [-0.1, -0.05) is 12.1 Å². The van der Waals surface area contributed by atoms with E-state index < -0.39 is 42.1 Å². The summed E-state index contributed by atoms with van der Waals surface area (Å²) in [5, 5.41) is 9.32. The minimum Gasteiger partial charge on any atom is -0.365 e. The number of H-pyrrole nitrogens is 1. The standard InChI is InChI=1S/C28H26F6N6O2/c29-27(30,31)26(28(32,33)34,42-16-20-3-1-11-35-20)18-5-7-19(8-6-18)40-25(41)22-4-2-12-36-24(22)39-15-17-9-13-37-23-21(17)10-14-38-23/h2,4-10,12-14,20,35H,1,3,11,15-16H2,(H,36,39)(H,37,38)(H,40,41). The van der Waals surface area contributed by atoms with Gasteiger partial charge in [0.1, 0.15) is 11.5 Å². The second kappa shape index (κ2) is 11.6. The Balaban J connectivity index is 1.34. The Kier molecular flexibility index (Phi) is 8.10. The number of nitrogens with zero attached hydrogens (tertiary/aromatic N) is 2. The number of aromatic nitrogens is 3. The maximum atomic E-state index is 14.1. The van der Waals surface area contributed by atoms with Crippen molar-refractivity contribution in [2.45, 2.75) is 43.4 Å². The van der Waals surface area contributed by atoms with E-state index in [0.717, 1.165) is 23.1 Å².